The normalized spacial score (nSPS) is 17.8. The number of hydrogen-bond acceptors (Lipinski definition) is 5. The van der Waals surface area contributed by atoms with Crippen LogP contribution in [-0.4, -0.2) is 40.9 Å². The number of carboxylic acid groups (broad SMARTS) is 1. The number of carboxylic acids is 1. The summed E-state index contributed by atoms with van der Waals surface area (Å²) in [6, 6.07) is 2.65. The van der Waals surface area contributed by atoms with Gasteiger partial charge in [0.05, 0.1) is 0 Å². The molecule has 17 heavy (non-hydrogen) atoms. The Hall–Kier alpha value is -2.09. The van der Waals surface area contributed by atoms with Crippen LogP contribution in [0.15, 0.2) is 28.9 Å². The molecule has 0 aromatic carbocycles. The number of aliphatic hydroxyl groups is 1. The highest BCUT2D eigenvalue weighted by molar-refractivity contribution is 7.89. The SMILES string of the molecule is CN1C(C(=O)O)=C(O)c2ncccc2S1(=O)=O. The molecule has 0 saturated heterocycles. The maximum absolute atomic E-state index is 11.9. The van der Waals surface area contributed by atoms with E-state index in [1.54, 1.807) is 0 Å². The van der Waals surface area contributed by atoms with E-state index in [2.05, 4.69) is 4.98 Å². The largest absolute Gasteiger partial charge is 0.504 e. The topological polar surface area (TPSA) is 108 Å². The highest BCUT2D eigenvalue weighted by atomic mass is 32.2. The summed E-state index contributed by atoms with van der Waals surface area (Å²) in [5.41, 5.74) is -0.959. The number of hydrogen-bond donors (Lipinski definition) is 2. The summed E-state index contributed by atoms with van der Waals surface area (Å²) in [7, 11) is -2.92. The van der Waals surface area contributed by atoms with Gasteiger partial charge in [0.1, 0.15) is 10.6 Å². The van der Waals surface area contributed by atoms with Gasteiger partial charge < -0.3 is 10.2 Å². The predicted molar refractivity (Wildman–Crippen MR) is 56.4 cm³/mol. The van der Waals surface area contributed by atoms with E-state index in [0.717, 1.165) is 7.05 Å². The van der Waals surface area contributed by atoms with E-state index >= 15 is 0 Å². The van der Waals surface area contributed by atoms with Crippen molar-refractivity contribution < 1.29 is 23.4 Å². The lowest BCUT2D eigenvalue weighted by atomic mass is 10.2. The minimum Gasteiger partial charge on any atom is -0.504 e. The van der Waals surface area contributed by atoms with Crippen LogP contribution in [0.3, 0.4) is 0 Å². The van der Waals surface area contributed by atoms with Crippen LogP contribution in [0.5, 0.6) is 0 Å². The minimum absolute atomic E-state index is 0.218. The van der Waals surface area contributed by atoms with Gasteiger partial charge in [-0.25, -0.2) is 13.2 Å². The van der Waals surface area contributed by atoms with Crippen molar-refractivity contribution in [1.82, 2.24) is 9.29 Å². The second-order valence-electron chi connectivity index (χ2n) is 3.33. The molecule has 0 fully saturated rings. The van der Waals surface area contributed by atoms with Gasteiger partial charge in [-0.15, -0.1) is 0 Å². The monoisotopic (exact) mass is 256 g/mol. The molecule has 2 heterocycles. The summed E-state index contributed by atoms with van der Waals surface area (Å²) in [5.74, 6) is -2.20. The van der Waals surface area contributed by atoms with E-state index in [9.17, 15) is 18.3 Å². The number of sulfonamides is 1. The average molecular weight is 256 g/mol. The molecule has 0 unspecified atom stereocenters. The molecule has 90 valence electrons. The molecular formula is C9H8N2O5S. The number of aliphatic carboxylic acids is 1. The Morgan fingerprint density at radius 1 is 1.47 bits per heavy atom. The highest BCUT2D eigenvalue weighted by Crippen LogP contribution is 2.32. The number of fused-ring (bicyclic) bond motifs is 1. The number of pyridine rings is 1. The number of likely N-dealkylation sites (N-methyl/N-ethyl adjacent to an activating group) is 1. The Kier molecular flexibility index (Phi) is 2.32. The van der Waals surface area contributed by atoms with Crippen LogP contribution >= 0.6 is 0 Å². The number of aromatic nitrogens is 1. The van der Waals surface area contributed by atoms with Gasteiger partial charge in [0.15, 0.2) is 11.5 Å². The lowest BCUT2D eigenvalue weighted by Gasteiger charge is -2.25. The molecule has 0 bridgehead atoms. The third-order valence-electron chi connectivity index (χ3n) is 2.38. The summed E-state index contributed by atoms with van der Waals surface area (Å²) < 4.78 is 24.4. The Morgan fingerprint density at radius 2 is 2.12 bits per heavy atom. The zero-order chi connectivity index (χ0) is 12.8. The van der Waals surface area contributed by atoms with Gasteiger partial charge in [0, 0.05) is 13.2 Å². The van der Waals surface area contributed by atoms with Gasteiger partial charge in [0.2, 0.25) is 0 Å². The third-order valence-corrected chi connectivity index (χ3v) is 4.16. The Labute approximate surface area is 96.7 Å². The van der Waals surface area contributed by atoms with E-state index in [4.69, 9.17) is 5.11 Å². The van der Waals surface area contributed by atoms with Gasteiger partial charge in [-0.2, -0.15) is 0 Å². The summed E-state index contributed by atoms with van der Waals surface area (Å²) >= 11 is 0. The van der Waals surface area contributed by atoms with Crippen molar-refractivity contribution in [3.63, 3.8) is 0 Å². The number of aliphatic hydroxyl groups excluding tert-OH is 1. The second kappa shape index (κ2) is 3.45. The maximum atomic E-state index is 11.9. The highest BCUT2D eigenvalue weighted by Gasteiger charge is 2.38. The van der Waals surface area contributed by atoms with Crippen LogP contribution in [0.4, 0.5) is 0 Å². The molecule has 0 amide bonds. The molecule has 2 N–H and O–H groups in total. The lowest BCUT2D eigenvalue weighted by Crippen LogP contribution is -2.35. The zero-order valence-corrected chi connectivity index (χ0v) is 9.47. The molecule has 1 aromatic heterocycles. The van der Waals surface area contributed by atoms with Crippen molar-refractivity contribution in [1.29, 1.82) is 0 Å². The molecule has 0 aliphatic carbocycles. The van der Waals surface area contributed by atoms with Crippen LogP contribution in [-0.2, 0) is 14.8 Å². The molecule has 0 atom stereocenters. The quantitative estimate of drug-likeness (QED) is 0.733. The summed E-state index contributed by atoms with van der Waals surface area (Å²) in [5, 5.41) is 18.6. The summed E-state index contributed by atoms with van der Waals surface area (Å²) in [6.07, 6.45) is 1.27. The van der Waals surface area contributed by atoms with E-state index in [0.29, 0.717) is 4.31 Å². The van der Waals surface area contributed by atoms with Crippen molar-refractivity contribution >= 4 is 21.8 Å². The fourth-order valence-electron chi connectivity index (χ4n) is 1.54. The molecule has 1 aliphatic rings. The second-order valence-corrected chi connectivity index (χ2v) is 5.26. The van der Waals surface area contributed by atoms with Crippen LogP contribution in [0.25, 0.3) is 5.76 Å². The molecule has 7 nitrogen and oxygen atoms in total. The van der Waals surface area contributed by atoms with Gasteiger partial charge in [-0.1, -0.05) is 0 Å². The van der Waals surface area contributed by atoms with E-state index in [-0.39, 0.29) is 10.6 Å². The fraction of sp³-hybridized carbons (Fsp3) is 0.111. The standard InChI is InChI=1S/C9H8N2O5S/c1-11-7(9(13)14)8(12)6-5(17(11,15)16)3-2-4-10-6/h2-4,12H,1H3,(H,13,14). The number of nitrogens with zero attached hydrogens (tertiary/aromatic N) is 2. The molecule has 0 saturated carbocycles. The number of carbonyl (C=O) groups is 1. The first-order valence-electron chi connectivity index (χ1n) is 4.48. The first-order valence-corrected chi connectivity index (χ1v) is 5.92. The number of rotatable bonds is 1. The summed E-state index contributed by atoms with van der Waals surface area (Å²) in [6.45, 7) is 0. The minimum atomic E-state index is -3.98. The molecule has 8 heteroatoms. The van der Waals surface area contributed by atoms with Gasteiger partial charge in [0.25, 0.3) is 10.0 Å². The van der Waals surface area contributed by atoms with Crippen molar-refractivity contribution in [2.45, 2.75) is 4.90 Å². The van der Waals surface area contributed by atoms with Crippen LogP contribution in [0.2, 0.25) is 0 Å². The van der Waals surface area contributed by atoms with Crippen LogP contribution in [0.1, 0.15) is 5.69 Å². The maximum Gasteiger partial charge on any atom is 0.357 e. The Morgan fingerprint density at radius 3 is 2.71 bits per heavy atom. The first kappa shape index (κ1) is 11.4. The van der Waals surface area contributed by atoms with Gasteiger partial charge in [-0.05, 0) is 12.1 Å². The van der Waals surface area contributed by atoms with E-state index in [1.807, 2.05) is 0 Å². The first-order chi connectivity index (χ1) is 7.87. The smallest absolute Gasteiger partial charge is 0.357 e. The molecule has 1 aliphatic heterocycles. The van der Waals surface area contributed by atoms with Crippen molar-refractivity contribution in [2.75, 3.05) is 7.05 Å². The van der Waals surface area contributed by atoms with Crippen molar-refractivity contribution in [2.24, 2.45) is 0 Å². The van der Waals surface area contributed by atoms with Crippen molar-refractivity contribution in [3.05, 3.63) is 29.7 Å². The summed E-state index contributed by atoms with van der Waals surface area (Å²) in [4.78, 5) is 14.4. The average Bonchev–Trinajstić information content (AvgIpc) is 2.27. The van der Waals surface area contributed by atoms with Crippen LogP contribution in [0, 0.1) is 0 Å². The van der Waals surface area contributed by atoms with E-state index < -0.39 is 27.4 Å². The molecular weight excluding hydrogens is 248 g/mol. The van der Waals surface area contributed by atoms with Gasteiger partial charge in [-0.3, -0.25) is 9.29 Å². The van der Waals surface area contributed by atoms with E-state index in [1.165, 1.54) is 18.3 Å². The Bertz CT molecular complexity index is 635. The lowest BCUT2D eigenvalue weighted by molar-refractivity contribution is -0.133. The molecule has 2 rings (SSSR count). The fourth-order valence-corrected chi connectivity index (χ4v) is 2.89. The molecule has 0 radical (unpaired) electrons. The zero-order valence-electron chi connectivity index (χ0n) is 8.65. The van der Waals surface area contributed by atoms with Crippen molar-refractivity contribution in [3.8, 4) is 0 Å². The third kappa shape index (κ3) is 1.45. The van der Waals surface area contributed by atoms with Crippen LogP contribution < -0.4 is 0 Å². The molecule has 0 spiro atoms. The molecule has 1 aromatic rings. The Balaban J connectivity index is 2.87. The van der Waals surface area contributed by atoms with Gasteiger partial charge >= 0.3 is 5.97 Å². The predicted octanol–water partition coefficient (Wildman–Crippen LogP) is 0.0269.